The first kappa shape index (κ1) is 13.5. The first-order chi connectivity index (χ1) is 7.99. The van der Waals surface area contributed by atoms with Gasteiger partial charge in [-0.15, -0.1) is 0 Å². The lowest BCUT2D eigenvalue weighted by molar-refractivity contribution is 0.226. The van der Waals surface area contributed by atoms with Gasteiger partial charge in [0.2, 0.25) is 0 Å². The number of halogens is 3. The smallest absolute Gasteiger partial charge is 0.0781 e. The molecule has 0 amide bonds. The van der Waals surface area contributed by atoms with E-state index in [4.69, 9.17) is 34.8 Å². The molecule has 94 valence electrons. The van der Waals surface area contributed by atoms with Crippen molar-refractivity contribution in [3.05, 3.63) is 32.8 Å². The number of rotatable bonds is 3. The van der Waals surface area contributed by atoms with Crippen LogP contribution in [0.3, 0.4) is 0 Å². The molecule has 1 aromatic rings. The summed E-state index contributed by atoms with van der Waals surface area (Å²) in [5.41, 5.74) is 1.01. The summed E-state index contributed by atoms with van der Waals surface area (Å²) >= 11 is 18.2. The van der Waals surface area contributed by atoms with Crippen molar-refractivity contribution >= 4 is 34.8 Å². The van der Waals surface area contributed by atoms with Gasteiger partial charge in [-0.3, -0.25) is 0 Å². The van der Waals surface area contributed by atoms with Gasteiger partial charge in [-0.1, -0.05) is 47.8 Å². The molecule has 17 heavy (non-hydrogen) atoms. The Morgan fingerprint density at radius 3 is 2.41 bits per heavy atom. The summed E-state index contributed by atoms with van der Waals surface area (Å²) in [4.78, 5) is 0. The highest BCUT2D eigenvalue weighted by Crippen LogP contribution is 2.36. The molecule has 0 aromatic heterocycles. The number of hydrogen-bond acceptors (Lipinski definition) is 1. The molecule has 1 aromatic carbocycles. The van der Waals surface area contributed by atoms with Crippen molar-refractivity contribution in [2.75, 3.05) is 0 Å². The van der Waals surface area contributed by atoms with Gasteiger partial charge >= 0.3 is 0 Å². The van der Waals surface area contributed by atoms with E-state index in [-0.39, 0.29) is 6.04 Å². The van der Waals surface area contributed by atoms with Gasteiger partial charge in [0.1, 0.15) is 0 Å². The van der Waals surface area contributed by atoms with E-state index in [2.05, 4.69) is 19.2 Å². The molecule has 1 atom stereocenters. The molecule has 1 fully saturated rings. The van der Waals surface area contributed by atoms with Crippen LogP contribution in [0.15, 0.2) is 12.1 Å². The maximum atomic E-state index is 6.21. The van der Waals surface area contributed by atoms with Crippen LogP contribution in [0.4, 0.5) is 0 Å². The van der Waals surface area contributed by atoms with Gasteiger partial charge < -0.3 is 5.32 Å². The van der Waals surface area contributed by atoms with Crippen molar-refractivity contribution in [3.63, 3.8) is 0 Å². The Morgan fingerprint density at radius 2 is 1.82 bits per heavy atom. The summed E-state index contributed by atoms with van der Waals surface area (Å²) < 4.78 is 0. The van der Waals surface area contributed by atoms with Crippen LogP contribution in [0.5, 0.6) is 0 Å². The molecule has 1 nitrogen and oxygen atoms in total. The fraction of sp³-hybridized carbons (Fsp3) is 0.538. The van der Waals surface area contributed by atoms with E-state index in [1.165, 1.54) is 12.8 Å². The second kappa shape index (κ2) is 5.36. The molecule has 0 radical (unpaired) electrons. The summed E-state index contributed by atoms with van der Waals surface area (Å²) in [7, 11) is 0. The fourth-order valence-corrected chi connectivity index (χ4v) is 3.06. The lowest BCUT2D eigenvalue weighted by Crippen LogP contribution is -2.41. The van der Waals surface area contributed by atoms with Crippen molar-refractivity contribution < 1.29 is 0 Å². The number of nitrogens with one attached hydrogen (secondary N) is 1. The lowest BCUT2D eigenvalue weighted by Gasteiger charge is -2.36. The Bertz CT molecular complexity index is 413. The van der Waals surface area contributed by atoms with Crippen molar-refractivity contribution in [2.45, 2.75) is 38.8 Å². The van der Waals surface area contributed by atoms with Crippen LogP contribution in [-0.2, 0) is 0 Å². The predicted octanol–water partition coefficient (Wildman–Crippen LogP) is 5.10. The zero-order valence-electron chi connectivity index (χ0n) is 9.93. The second-order valence-electron chi connectivity index (χ2n) is 4.93. The molecule has 0 aliphatic heterocycles. The zero-order chi connectivity index (χ0) is 12.6. The molecule has 4 heteroatoms. The van der Waals surface area contributed by atoms with Gasteiger partial charge in [0.25, 0.3) is 0 Å². The van der Waals surface area contributed by atoms with E-state index >= 15 is 0 Å². The minimum Gasteiger partial charge on any atom is -0.307 e. The largest absolute Gasteiger partial charge is 0.307 e. The molecule has 0 heterocycles. The van der Waals surface area contributed by atoms with Crippen LogP contribution in [0.2, 0.25) is 15.1 Å². The zero-order valence-corrected chi connectivity index (χ0v) is 12.2. The summed E-state index contributed by atoms with van der Waals surface area (Å²) in [5, 5.41) is 5.08. The Balaban J connectivity index is 2.08. The average molecular weight is 293 g/mol. The summed E-state index contributed by atoms with van der Waals surface area (Å²) in [5.74, 6) is 0.837. The number of hydrogen-bond donors (Lipinski definition) is 1. The minimum atomic E-state index is 0.203. The van der Waals surface area contributed by atoms with E-state index in [1.54, 1.807) is 6.07 Å². The molecule has 1 aliphatic carbocycles. The molecular formula is C13H16Cl3N. The minimum absolute atomic E-state index is 0.203. The highest BCUT2D eigenvalue weighted by Gasteiger charge is 2.27. The van der Waals surface area contributed by atoms with E-state index in [1.807, 2.05) is 6.07 Å². The Hall–Kier alpha value is 0.0500. The maximum Gasteiger partial charge on any atom is 0.0781 e. The molecule has 1 N–H and O–H groups in total. The van der Waals surface area contributed by atoms with Crippen LogP contribution >= 0.6 is 34.8 Å². The van der Waals surface area contributed by atoms with Crippen LogP contribution < -0.4 is 5.32 Å². The number of benzene rings is 1. The van der Waals surface area contributed by atoms with Crippen molar-refractivity contribution in [2.24, 2.45) is 5.92 Å². The monoisotopic (exact) mass is 291 g/mol. The molecule has 1 unspecified atom stereocenters. The molecule has 1 saturated carbocycles. The first-order valence-corrected chi connectivity index (χ1v) is 7.02. The van der Waals surface area contributed by atoms with Gasteiger partial charge in [-0.2, -0.15) is 0 Å². The van der Waals surface area contributed by atoms with E-state index in [0.29, 0.717) is 21.1 Å². The molecule has 0 saturated heterocycles. The first-order valence-electron chi connectivity index (χ1n) is 5.88. The SMILES string of the molecule is CC1CC(NC(C)c2ccc(Cl)c(Cl)c2Cl)C1. The van der Waals surface area contributed by atoms with Crippen LogP contribution in [0.25, 0.3) is 0 Å². The highest BCUT2D eigenvalue weighted by molar-refractivity contribution is 6.48. The average Bonchev–Trinajstić information content (AvgIpc) is 2.24. The van der Waals surface area contributed by atoms with E-state index < -0.39 is 0 Å². The van der Waals surface area contributed by atoms with Crippen LogP contribution in [0.1, 0.15) is 38.3 Å². The fourth-order valence-electron chi connectivity index (χ4n) is 2.36. The van der Waals surface area contributed by atoms with Crippen LogP contribution in [-0.4, -0.2) is 6.04 Å². The quantitative estimate of drug-likeness (QED) is 0.765. The van der Waals surface area contributed by atoms with Gasteiger partial charge in [-0.05, 0) is 37.3 Å². The van der Waals surface area contributed by atoms with E-state index in [0.717, 1.165) is 11.5 Å². The predicted molar refractivity (Wildman–Crippen MR) is 75.2 cm³/mol. The van der Waals surface area contributed by atoms with Gasteiger partial charge in [-0.25, -0.2) is 0 Å². The summed E-state index contributed by atoms with van der Waals surface area (Å²) in [6.07, 6.45) is 2.48. The normalized spacial score (nSPS) is 25.5. The third kappa shape index (κ3) is 2.90. The van der Waals surface area contributed by atoms with Gasteiger partial charge in [0.05, 0.1) is 15.1 Å². The summed E-state index contributed by atoms with van der Waals surface area (Å²) in [6, 6.07) is 4.54. The van der Waals surface area contributed by atoms with Gasteiger partial charge in [0.15, 0.2) is 0 Å². The van der Waals surface area contributed by atoms with Crippen molar-refractivity contribution in [1.82, 2.24) is 5.32 Å². The molecule has 1 aliphatic rings. The third-order valence-electron chi connectivity index (χ3n) is 3.39. The van der Waals surface area contributed by atoms with Crippen molar-refractivity contribution in [1.29, 1.82) is 0 Å². The highest BCUT2D eigenvalue weighted by atomic mass is 35.5. The Kier molecular flexibility index (Phi) is 4.25. The maximum absolute atomic E-state index is 6.21. The van der Waals surface area contributed by atoms with Crippen LogP contribution in [0, 0.1) is 5.92 Å². The topological polar surface area (TPSA) is 12.0 Å². The Morgan fingerprint density at radius 1 is 1.18 bits per heavy atom. The summed E-state index contributed by atoms with van der Waals surface area (Å²) in [6.45, 7) is 4.38. The van der Waals surface area contributed by atoms with Gasteiger partial charge in [0, 0.05) is 12.1 Å². The molecule has 0 spiro atoms. The Labute approximate surface area is 117 Å². The third-order valence-corrected chi connectivity index (χ3v) is 4.70. The second-order valence-corrected chi connectivity index (χ2v) is 6.09. The van der Waals surface area contributed by atoms with E-state index in [9.17, 15) is 0 Å². The molecule has 2 rings (SSSR count). The lowest BCUT2D eigenvalue weighted by atomic mass is 9.81. The standard InChI is InChI=1S/C13H16Cl3N/c1-7-5-9(6-7)17-8(2)10-3-4-11(14)13(16)12(10)15/h3-4,7-9,17H,5-6H2,1-2H3. The molecule has 0 bridgehead atoms. The van der Waals surface area contributed by atoms with Crippen molar-refractivity contribution in [3.8, 4) is 0 Å². The molecular weight excluding hydrogens is 277 g/mol.